The van der Waals surface area contributed by atoms with Gasteiger partial charge in [-0.2, -0.15) is 0 Å². The minimum atomic E-state index is -0.173. The maximum absolute atomic E-state index is 12.9. The molecule has 0 fully saturated rings. The van der Waals surface area contributed by atoms with Gasteiger partial charge in [0.25, 0.3) is 11.5 Å². The number of benzene rings is 2. The van der Waals surface area contributed by atoms with E-state index in [2.05, 4.69) is 4.98 Å². The molecule has 3 aromatic rings. The van der Waals surface area contributed by atoms with Gasteiger partial charge in [-0.25, -0.2) is 0 Å². The van der Waals surface area contributed by atoms with Crippen LogP contribution < -0.4 is 5.56 Å². The van der Waals surface area contributed by atoms with Crippen molar-refractivity contribution < 1.29 is 4.79 Å². The van der Waals surface area contributed by atoms with E-state index in [1.54, 1.807) is 29.2 Å². The van der Waals surface area contributed by atoms with Crippen molar-refractivity contribution >= 4 is 28.4 Å². The Morgan fingerprint density at radius 3 is 2.62 bits per heavy atom. The summed E-state index contributed by atoms with van der Waals surface area (Å²) in [6.45, 7) is 6.08. The molecular weight excluding hydrogens is 348 g/mol. The fourth-order valence-electron chi connectivity index (χ4n) is 2.94. The first-order valence-corrected chi connectivity index (χ1v) is 8.92. The molecule has 0 spiro atoms. The topological polar surface area (TPSA) is 53.2 Å². The van der Waals surface area contributed by atoms with E-state index in [0.29, 0.717) is 16.1 Å². The molecular formula is C21H21ClN2O2. The number of nitrogens with one attached hydrogen (secondary N) is 1. The number of carbonyl (C=O) groups excluding carboxylic acids is 1. The predicted molar refractivity (Wildman–Crippen MR) is 106 cm³/mol. The number of aryl methyl sites for hydroxylation is 1. The Hall–Kier alpha value is -2.59. The zero-order valence-corrected chi connectivity index (χ0v) is 15.8. The average molecular weight is 369 g/mol. The Balaban J connectivity index is 1.97. The summed E-state index contributed by atoms with van der Waals surface area (Å²) < 4.78 is 0. The van der Waals surface area contributed by atoms with E-state index in [9.17, 15) is 9.59 Å². The smallest absolute Gasteiger partial charge is 0.254 e. The standard InChI is InChI=1S/C21H21ClN2O2/c1-13(2)24(21(26)16-5-4-6-18(22)11-16)12-17-10-15-8-7-14(3)9-19(15)23-20(17)25/h4-11,13H,12H2,1-3H3,(H,23,25). The van der Waals surface area contributed by atoms with Gasteiger partial charge in [0.15, 0.2) is 0 Å². The largest absolute Gasteiger partial charge is 0.332 e. The highest BCUT2D eigenvalue weighted by Gasteiger charge is 2.20. The molecule has 1 aromatic heterocycles. The SMILES string of the molecule is Cc1ccc2cc(CN(C(=O)c3cccc(Cl)c3)C(C)C)c(=O)[nH]c2c1. The van der Waals surface area contributed by atoms with Crippen LogP contribution >= 0.6 is 11.6 Å². The van der Waals surface area contributed by atoms with Gasteiger partial charge in [-0.1, -0.05) is 29.8 Å². The zero-order valence-electron chi connectivity index (χ0n) is 15.0. The monoisotopic (exact) mass is 368 g/mol. The van der Waals surface area contributed by atoms with Gasteiger partial charge in [-0.3, -0.25) is 9.59 Å². The molecule has 1 amide bonds. The van der Waals surface area contributed by atoms with Gasteiger partial charge < -0.3 is 9.88 Å². The van der Waals surface area contributed by atoms with E-state index in [1.807, 2.05) is 45.0 Å². The summed E-state index contributed by atoms with van der Waals surface area (Å²) in [7, 11) is 0. The summed E-state index contributed by atoms with van der Waals surface area (Å²) in [5.74, 6) is -0.147. The molecule has 134 valence electrons. The number of hydrogen-bond donors (Lipinski definition) is 1. The van der Waals surface area contributed by atoms with Crippen LogP contribution in [0.25, 0.3) is 10.9 Å². The van der Waals surface area contributed by atoms with Gasteiger partial charge in [0, 0.05) is 27.7 Å². The van der Waals surface area contributed by atoms with Crippen molar-refractivity contribution in [1.29, 1.82) is 0 Å². The third kappa shape index (κ3) is 3.81. The third-order valence-electron chi connectivity index (χ3n) is 4.37. The number of aromatic amines is 1. The molecule has 0 saturated carbocycles. The molecule has 0 atom stereocenters. The van der Waals surface area contributed by atoms with Gasteiger partial charge in [-0.05, 0) is 62.1 Å². The third-order valence-corrected chi connectivity index (χ3v) is 4.61. The van der Waals surface area contributed by atoms with E-state index in [-0.39, 0.29) is 24.1 Å². The predicted octanol–water partition coefficient (Wildman–Crippen LogP) is 4.54. The van der Waals surface area contributed by atoms with E-state index >= 15 is 0 Å². The number of fused-ring (bicyclic) bond motifs is 1. The number of carbonyl (C=O) groups is 1. The first-order chi connectivity index (χ1) is 12.3. The summed E-state index contributed by atoms with van der Waals surface area (Å²) in [5.41, 5.74) is 2.79. The molecule has 5 heteroatoms. The number of nitrogens with zero attached hydrogens (tertiary/aromatic N) is 1. The maximum atomic E-state index is 12.9. The lowest BCUT2D eigenvalue weighted by Gasteiger charge is -2.27. The van der Waals surface area contributed by atoms with E-state index in [0.717, 1.165) is 16.5 Å². The van der Waals surface area contributed by atoms with Gasteiger partial charge >= 0.3 is 0 Å². The summed E-state index contributed by atoms with van der Waals surface area (Å²) in [6, 6.07) is 14.6. The molecule has 4 nitrogen and oxygen atoms in total. The summed E-state index contributed by atoms with van der Waals surface area (Å²) in [4.78, 5) is 30.0. The van der Waals surface area contributed by atoms with E-state index < -0.39 is 0 Å². The highest BCUT2D eigenvalue weighted by Crippen LogP contribution is 2.18. The van der Waals surface area contributed by atoms with Crippen molar-refractivity contribution in [2.24, 2.45) is 0 Å². The van der Waals surface area contributed by atoms with Crippen LogP contribution in [0.1, 0.15) is 35.3 Å². The fraction of sp³-hybridized carbons (Fsp3) is 0.238. The molecule has 0 aliphatic heterocycles. The van der Waals surface area contributed by atoms with Crippen molar-refractivity contribution in [3.05, 3.63) is 80.6 Å². The van der Waals surface area contributed by atoms with Crippen molar-refractivity contribution in [2.75, 3.05) is 0 Å². The van der Waals surface area contributed by atoms with Crippen LogP contribution in [0.3, 0.4) is 0 Å². The van der Waals surface area contributed by atoms with Crippen LogP contribution in [0, 0.1) is 6.92 Å². The van der Waals surface area contributed by atoms with E-state index in [1.165, 1.54) is 0 Å². The molecule has 2 aromatic carbocycles. The van der Waals surface area contributed by atoms with Crippen LogP contribution in [0.2, 0.25) is 5.02 Å². The molecule has 1 heterocycles. The molecule has 0 aliphatic rings. The van der Waals surface area contributed by atoms with Gasteiger partial charge in [0.2, 0.25) is 0 Å². The quantitative estimate of drug-likeness (QED) is 0.735. The molecule has 0 radical (unpaired) electrons. The lowest BCUT2D eigenvalue weighted by Crippen LogP contribution is -2.38. The van der Waals surface area contributed by atoms with Crippen LogP contribution in [0.5, 0.6) is 0 Å². The number of H-pyrrole nitrogens is 1. The highest BCUT2D eigenvalue weighted by molar-refractivity contribution is 6.30. The number of amides is 1. The van der Waals surface area contributed by atoms with Crippen LogP contribution in [-0.4, -0.2) is 21.8 Å². The summed E-state index contributed by atoms with van der Waals surface area (Å²) in [6.07, 6.45) is 0. The Morgan fingerprint density at radius 1 is 1.15 bits per heavy atom. The van der Waals surface area contributed by atoms with Crippen LogP contribution in [-0.2, 0) is 6.54 Å². The molecule has 0 unspecified atom stereocenters. The Kier molecular flexibility index (Phi) is 5.14. The van der Waals surface area contributed by atoms with Crippen molar-refractivity contribution in [2.45, 2.75) is 33.4 Å². The number of pyridine rings is 1. The normalized spacial score (nSPS) is 11.1. The zero-order chi connectivity index (χ0) is 18.8. The second kappa shape index (κ2) is 7.34. The second-order valence-corrected chi connectivity index (χ2v) is 7.19. The molecule has 3 rings (SSSR count). The Labute approximate surface area is 157 Å². The van der Waals surface area contributed by atoms with Gasteiger partial charge in [0.1, 0.15) is 0 Å². The first-order valence-electron chi connectivity index (χ1n) is 8.54. The lowest BCUT2D eigenvalue weighted by atomic mass is 10.1. The summed E-state index contributed by atoms with van der Waals surface area (Å²) in [5, 5.41) is 1.46. The fourth-order valence-corrected chi connectivity index (χ4v) is 3.13. The molecule has 0 saturated heterocycles. The van der Waals surface area contributed by atoms with Crippen molar-refractivity contribution in [3.8, 4) is 0 Å². The molecule has 1 N–H and O–H groups in total. The number of halogens is 1. The van der Waals surface area contributed by atoms with Gasteiger partial charge in [-0.15, -0.1) is 0 Å². The molecule has 0 aliphatic carbocycles. The average Bonchev–Trinajstić information content (AvgIpc) is 2.59. The number of rotatable bonds is 4. The minimum Gasteiger partial charge on any atom is -0.332 e. The Bertz CT molecular complexity index is 1020. The second-order valence-electron chi connectivity index (χ2n) is 6.75. The summed E-state index contributed by atoms with van der Waals surface area (Å²) >= 11 is 6.01. The Morgan fingerprint density at radius 2 is 1.92 bits per heavy atom. The minimum absolute atomic E-state index is 0.0606. The van der Waals surface area contributed by atoms with E-state index in [4.69, 9.17) is 11.6 Å². The van der Waals surface area contributed by atoms with Crippen molar-refractivity contribution in [1.82, 2.24) is 9.88 Å². The van der Waals surface area contributed by atoms with Crippen LogP contribution in [0.15, 0.2) is 53.3 Å². The molecule has 0 bridgehead atoms. The molecule has 26 heavy (non-hydrogen) atoms. The van der Waals surface area contributed by atoms with Crippen molar-refractivity contribution in [3.63, 3.8) is 0 Å². The van der Waals surface area contributed by atoms with Crippen LogP contribution in [0.4, 0.5) is 0 Å². The number of aromatic nitrogens is 1. The maximum Gasteiger partial charge on any atom is 0.254 e. The van der Waals surface area contributed by atoms with Gasteiger partial charge in [0.05, 0.1) is 6.54 Å². The first kappa shape index (κ1) is 18.2. The lowest BCUT2D eigenvalue weighted by molar-refractivity contribution is 0.0689. The number of hydrogen-bond acceptors (Lipinski definition) is 2. The highest BCUT2D eigenvalue weighted by atomic mass is 35.5.